The molecule has 0 aromatic rings. The second-order valence-electron chi connectivity index (χ2n) is 5.80. The van der Waals surface area contributed by atoms with Crippen molar-refractivity contribution in [1.82, 2.24) is 10.2 Å². The molecule has 1 amide bonds. The molecule has 1 rings (SSSR count). The van der Waals surface area contributed by atoms with Crippen LogP contribution in [0, 0.1) is 5.92 Å². The first-order valence-electron chi connectivity index (χ1n) is 7.65. The molecule has 1 heterocycles. The van der Waals surface area contributed by atoms with Crippen molar-refractivity contribution in [3.8, 4) is 0 Å². The van der Waals surface area contributed by atoms with Crippen molar-refractivity contribution in [2.45, 2.75) is 65.3 Å². The molecule has 1 fully saturated rings. The normalized spacial score (nSPS) is 20.1. The van der Waals surface area contributed by atoms with Crippen LogP contribution in [0.5, 0.6) is 0 Å². The number of unbranched alkanes of at least 4 members (excludes halogenated alkanes) is 2. The lowest BCUT2D eigenvalue weighted by molar-refractivity contribution is -0.134. The van der Waals surface area contributed by atoms with Crippen LogP contribution in [0.15, 0.2) is 0 Å². The van der Waals surface area contributed by atoms with Crippen molar-refractivity contribution in [3.63, 3.8) is 0 Å². The molecule has 0 aliphatic carbocycles. The van der Waals surface area contributed by atoms with Crippen molar-refractivity contribution >= 4 is 5.91 Å². The van der Waals surface area contributed by atoms with Gasteiger partial charge < -0.3 is 10.2 Å². The molecule has 0 aromatic heterocycles. The van der Waals surface area contributed by atoms with E-state index in [9.17, 15) is 4.79 Å². The van der Waals surface area contributed by atoms with E-state index in [0.717, 1.165) is 32.5 Å². The van der Waals surface area contributed by atoms with Crippen molar-refractivity contribution in [1.29, 1.82) is 0 Å². The lowest BCUT2D eigenvalue weighted by atomic mass is 9.95. The van der Waals surface area contributed by atoms with Crippen LogP contribution >= 0.6 is 0 Å². The van der Waals surface area contributed by atoms with Gasteiger partial charge in [-0.15, -0.1) is 0 Å². The molecular formula is C15H30N2O. The Morgan fingerprint density at radius 2 is 2.17 bits per heavy atom. The second kappa shape index (κ2) is 8.52. The summed E-state index contributed by atoms with van der Waals surface area (Å²) in [7, 11) is 0. The standard InChI is InChI=1S/C15H30N2O/c1-4-5-6-10-17(13(2)3)15(18)11-14-8-7-9-16-12-14/h13-14,16H,4-12H2,1-3H3. The van der Waals surface area contributed by atoms with Crippen LogP contribution < -0.4 is 5.32 Å². The molecule has 3 nitrogen and oxygen atoms in total. The van der Waals surface area contributed by atoms with Crippen molar-refractivity contribution in [2.75, 3.05) is 19.6 Å². The van der Waals surface area contributed by atoms with Crippen molar-refractivity contribution in [3.05, 3.63) is 0 Å². The number of piperidine rings is 1. The smallest absolute Gasteiger partial charge is 0.223 e. The highest BCUT2D eigenvalue weighted by Gasteiger charge is 2.22. The fourth-order valence-corrected chi connectivity index (χ4v) is 2.67. The predicted molar refractivity (Wildman–Crippen MR) is 76.6 cm³/mol. The van der Waals surface area contributed by atoms with Gasteiger partial charge in [-0.2, -0.15) is 0 Å². The van der Waals surface area contributed by atoms with Gasteiger partial charge in [0.2, 0.25) is 5.91 Å². The van der Waals surface area contributed by atoms with E-state index in [0.29, 0.717) is 17.9 Å². The van der Waals surface area contributed by atoms with Gasteiger partial charge in [-0.1, -0.05) is 19.8 Å². The minimum Gasteiger partial charge on any atom is -0.340 e. The highest BCUT2D eigenvalue weighted by molar-refractivity contribution is 5.76. The van der Waals surface area contributed by atoms with Crippen LogP contribution in [0.25, 0.3) is 0 Å². The first-order valence-corrected chi connectivity index (χ1v) is 7.65. The Balaban J connectivity index is 2.37. The van der Waals surface area contributed by atoms with Gasteiger partial charge >= 0.3 is 0 Å². The van der Waals surface area contributed by atoms with Crippen LogP contribution in [0.4, 0.5) is 0 Å². The molecule has 0 saturated carbocycles. The monoisotopic (exact) mass is 254 g/mol. The summed E-state index contributed by atoms with van der Waals surface area (Å²) >= 11 is 0. The quantitative estimate of drug-likeness (QED) is 0.709. The van der Waals surface area contributed by atoms with Gasteiger partial charge in [0, 0.05) is 19.0 Å². The number of rotatable bonds is 7. The number of carbonyl (C=O) groups excluding carboxylic acids is 1. The Labute approximate surface area is 112 Å². The van der Waals surface area contributed by atoms with E-state index in [-0.39, 0.29) is 0 Å². The van der Waals surface area contributed by atoms with Gasteiger partial charge in [-0.25, -0.2) is 0 Å². The second-order valence-corrected chi connectivity index (χ2v) is 5.80. The molecule has 1 atom stereocenters. The summed E-state index contributed by atoms with van der Waals surface area (Å²) in [4.78, 5) is 14.4. The third-order valence-electron chi connectivity index (χ3n) is 3.81. The molecule has 1 saturated heterocycles. The molecule has 1 N–H and O–H groups in total. The first-order chi connectivity index (χ1) is 8.65. The number of amides is 1. The van der Waals surface area contributed by atoms with Crippen LogP contribution in [0.2, 0.25) is 0 Å². The summed E-state index contributed by atoms with van der Waals surface area (Å²) in [6.45, 7) is 9.54. The lowest BCUT2D eigenvalue weighted by Crippen LogP contribution is -2.40. The average Bonchev–Trinajstić information content (AvgIpc) is 2.35. The lowest BCUT2D eigenvalue weighted by Gasteiger charge is -2.30. The molecule has 1 aliphatic heterocycles. The number of hydrogen-bond donors (Lipinski definition) is 1. The highest BCUT2D eigenvalue weighted by atomic mass is 16.2. The minimum atomic E-state index is 0.339. The van der Waals surface area contributed by atoms with E-state index in [1.54, 1.807) is 0 Å². The largest absolute Gasteiger partial charge is 0.340 e. The minimum absolute atomic E-state index is 0.339. The molecule has 0 spiro atoms. The zero-order chi connectivity index (χ0) is 13.4. The van der Waals surface area contributed by atoms with E-state index in [1.807, 2.05) is 0 Å². The summed E-state index contributed by atoms with van der Waals surface area (Å²) in [5, 5.41) is 3.39. The molecule has 0 aromatic carbocycles. The molecule has 18 heavy (non-hydrogen) atoms. The molecule has 1 aliphatic rings. The van der Waals surface area contributed by atoms with E-state index >= 15 is 0 Å². The van der Waals surface area contributed by atoms with Crippen LogP contribution in [0.3, 0.4) is 0 Å². The summed E-state index contributed by atoms with van der Waals surface area (Å²) in [6, 6.07) is 0.339. The summed E-state index contributed by atoms with van der Waals surface area (Å²) in [6.07, 6.45) is 6.74. The third kappa shape index (κ3) is 5.38. The van der Waals surface area contributed by atoms with Gasteiger partial charge in [0.25, 0.3) is 0 Å². The first kappa shape index (κ1) is 15.5. The molecule has 3 heteroatoms. The maximum atomic E-state index is 12.3. The Hall–Kier alpha value is -0.570. The maximum absolute atomic E-state index is 12.3. The van der Waals surface area contributed by atoms with E-state index in [1.165, 1.54) is 25.7 Å². The predicted octanol–water partition coefficient (Wildman–Crippen LogP) is 2.80. The average molecular weight is 254 g/mol. The van der Waals surface area contributed by atoms with Gasteiger partial charge in [-0.3, -0.25) is 4.79 Å². The SMILES string of the molecule is CCCCCN(C(=O)CC1CCCNC1)C(C)C. The van der Waals surface area contributed by atoms with Crippen LogP contribution in [-0.4, -0.2) is 36.5 Å². The molecule has 106 valence electrons. The Bertz CT molecular complexity index is 235. The van der Waals surface area contributed by atoms with Crippen LogP contribution in [0.1, 0.15) is 59.3 Å². The van der Waals surface area contributed by atoms with Crippen molar-refractivity contribution in [2.24, 2.45) is 5.92 Å². The molecule has 0 radical (unpaired) electrons. The van der Waals surface area contributed by atoms with E-state index < -0.39 is 0 Å². The van der Waals surface area contributed by atoms with Gasteiger partial charge in [0.1, 0.15) is 0 Å². The topological polar surface area (TPSA) is 32.3 Å². The van der Waals surface area contributed by atoms with E-state index in [4.69, 9.17) is 0 Å². The molecule has 1 unspecified atom stereocenters. The van der Waals surface area contributed by atoms with E-state index in [2.05, 4.69) is 31.0 Å². The fourth-order valence-electron chi connectivity index (χ4n) is 2.67. The molecule has 0 bridgehead atoms. The number of carbonyl (C=O) groups is 1. The van der Waals surface area contributed by atoms with Gasteiger partial charge in [-0.05, 0) is 52.1 Å². The maximum Gasteiger partial charge on any atom is 0.223 e. The Kier molecular flexibility index (Phi) is 7.33. The highest BCUT2D eigenvalue weighted by Crippen LogP contribution is 2.17. The summed E-state index contributed by atoms with van der Waals surface area (Å²) in [5.74, 6) is 0.911. The van der Waals surface area contributed by atoms with Gasteiger partial charge in [0.05, 0.1) is 0 Å². The number of nitrogens with one attached hydrogen (secondary N) is 1. The number of nitrogens with zero attached hydrogens (tertiary/aromatic N) is 1. The summed E-state index contributed by atoms with van der Waals surface area (Å²) in [5.41, 5.74) is 0. The van der Waals surface area contributed by atoms with Gasteiger partial charge in [0.15, 0.2) is 0 Å². The summed E-state index contributed by atoms with van der Waals surface area (Å²) < 4.78 is 0. The fraction of sp³-hybridized carbons (Fsp3) is 0.933. The molecular weight excluding hydrogens is 224 g/mol. The zero-order valence-corrected chi connectivity index (χ0v) is 12.4. The Morgan fingerprint density at radius 3 is 2.72 bits per heavy atom. The number of hydrogen-bond acceptors (Lipinski definition) is 2. The zero-order valence-electron chi connectivity index (χ0n) is 12.4. The van der Waals surface area contributed by atoms with Crippen LogP contribution in [-0.2, 0) is 4.79 Å². The van der Waals surface area contributed by atoms with Crippen molar-refractivity contribution < 1.29 is 4.79 Å². The Morgan fingerprint density at radius 1 is 1.39 bits per heavy atom. The third-order valence-corrected chi connectivity index (χ3v) is 3.81.